The molecule has 1 aromatic carbocycles. The minimum atomic E-state index is -3.41. The number of ether oxygens (including phenoxy) is 2. The second kappa shape index (κ2) is 8.40. The van der Waals surface area contributed by atoms with Crippen molar-refractivity contribution in [3.8, 4) is 0 Å². The van der Waals surface area contributed by atoms with E-state index in [0.717, 1.165) is 31.4 Å². The first-order chi connectivity index (χ1) is 11.7. The van der Waals surface area contributed by atoms with E-state index in [9.17, 15) is 8.42 Å². The maximum absolute atomic E-state index is 12.7. The molecule has 7 heteroatoms. The molecule has 2 saturated heterocycles. The summed E-state index contributed by atoms with van der Waals surface area (Å²) in [7, 11) is -3.41. The Morgan fingerprint density at radius 1 is 1.12 bits per heavy atom. The summed E-state index contributed by atoms with van der Waals surface area (Å²) in [4.78, 5) is 0. The third kappa shape index (κ3) is 4.55. The minimum Gasteiger partial charge on any atom is -0.377 e. The summed E-state index contributed by atoms with van der Waals surface area (Å²) in [5.41, 5.74) is 1.01. The van der Waals surface area contributed by atoms with Gasteiger partial charge in [0.05, 0.1) is 19.3 Å². The molecule has 24 heavy (non-hydrogen) atoms. The van der Waals surface area contributed by atoms with Crippen LogP contribution < -0.4 is 0 Å². The van der Waals surface area contributed by atoms with Gasteiger partial charge in [-0.15, -0.1) is 0 Å². The van der Waals surface area contributed by atoms with Crippen molar-refractivity contribution in [1.82, 2.24) is 8.61 Å². The van der Waals surface area contributed by atoms with Crippen LogP contribution in [0.25, 0.3) is 0 Å². The molecule has 134 valence electrons. The topological polar surface area (TPSA) is 59.1 Å². The van der Waals surface area contributed by atoms with E-state index >= 15 is 0 Å². The van der Waals surface area contributed by atoms with E-state index in [1.165, 1.54) is 4.31 Å². The number of rotatable bonds is 7. The van der Waals surface area contributed by atoms with E-state index in [0.29, 0.717) is 39.4 Å². The summed E-state index contributed by atoms with van der Waals surface area (Å²) in [5.74, 6) is 0. The highest BCUT2D eigenvalue weighted by Gasteiger charge is 2.33. The summed E-state index contributed by atoms with van der Waals surface area (Å²) in [6.07, 6.45) is 3.14. The van der Waals surface area contributed by atoms with Crippen molar-refractivity contribution in [1.29, 1.82) is 0 Å². The molecule has 1 aromatic rings. The van der Waals surface area contributed by atoms with Gasteiger partial charge >= 0.3 is 0 Å². The molecule has 6 nitrogen and oxygen atoms in total. The van der Waals surface area contributed by atoms with Crippen molar-refractivity contribution in [3.63, 3.8) is 0 Å². The van der Waals surface area contributed by atoms with Crippen LogP contribution in [0.2, 0.25) is 0 Å². The average molecular weight is 354 g/mol. The smallest absolute Gasteiger partial charge is 0.282 e. The van der Waals surface area contributed by atoms with Gasteiger partial charge in [0.25, 0.3) is 10.2 Å². The second-order valence-electron chi connectivity index (χ2n) is 6.29. The van der Waals surface area contributed by atoms with E-state index in [1.807, 2.05) is 30.3 Å². The Kier molecular flexibility index (Phi) is 6.24. The van der Waals surface area contributed by atoms with Crippen molar-refractivity contribution < 1.29 is 17.9 Å². The Hall–Kier alpha value is -0.990. The highest BCUT2D eigenvalue weighted by molar-refractivity contribution is 7.86. The molecular weight excluding hydrogens is 328 g/mol. The van der Waals surface area contributed by atoms with E-state index in [4.69, 9.17) is 9.47 Å². The lowest BCUT2D eigenvalue weighted by Gasteiger charge is -2.34. The van der Waals surface area contributed by atoms with Crippen LogP contribution in [0.4, 0.5) is 0 Å². The zero-order valence-corrected chi connectivity index (χ0v) is 14.8. The largest absolute Gasteiger partial charge is 0.377 e. The fourth-order valence-electron chi connectivity index (χ4n) is 3.15. The summed E-state index contributed by atoms with van der Waals surface area (Å²) in [5, 5.41) is 0. The molecule has 2 heterocycles. The van der Waals surface area contributed by atoms with Crippen molar-refractivity contribution in [2.75, 3.05) is 39.5 Å². The van der Waals surface area contributed by atoms with E-state index in [-0.39, 0.29) is 6.10 Å². The highest BCUT2D eigenvalue weighted by Crippen LogP contribution is 2.19. The van der Waals surface area contributed by atoms with Crippen LogP contribution in [0.1, 0.15) is 24.8 Å². The Morgan fingerprint density at radius 3 is 2.67 bits per heavy atom. The van der Waals surface area contributed by atoms with Crippen molar-refractivity contribution in [2.24, 2.45) is 0 Å². The van der Waals surface area contributed by atoms with Gasteiger partial charge in [0, 0.05) is 32.8 Å². The van der Waals surface area contributed by atoms with Gasteiger partial charge in [-0.25, -0.2) is 0 Å². The van der Waals surface area contributed by atoms with Gasteiger partial charge in [-0.2, -0.15) is 17.0 Å². The number of nitrogens with zero attached hydrogens (tertiary/aromatic N) is 2. The van der Waals surface area contributed by atoms with Crippen molar-refractivity contribution in [3.05, 3.63) is 35.9 Å². The van der Waals surface area contributed by atoms with Gasteiger partial charge < -0.3 is 9.47 Å². The molecule has 0 bridgehead atoms. The SMILES string of the molecule is O=S1(=O)N(CCOCC2CCCO2)CCCN1Cc1ccccc1. The number of hydrogen-bond donors (Lipinski definition) is 0. The monoisotopic (exact) mass is 354 g/mol. The average Bonchev–Trinajstić information content (AvgIpc) is 3.09. The van der Waals surface area contributed by atoms with E-state index < -0.39 is 10.2 Å². The summed E-state index contributed by atoms with van der Waals surface area (Å²) in [6, 6.07) is 9.72. The Labute approximate surface area is 144 Å². The molecule has 0 radical (unpaired) electrons. The Morgan fingerprint density at radius 2 is 1.92 bits per heavy atom. The van der Waals surface area contributed by atoms with Gasteiger partial charge in [0.15, 0.2) is 0 Å². The van der Waals surface area contributed by atoms with Crippen LogP contribution in [-0.4, -0.2) is 62.6 Å². The lowest BCUT2D eigenvalue weighted by atomic mass is 10.2. The molecule has 0 saturated carbocycles. The van der Waals surface area contributed by atoms with E-state index in [2.05, 4.69) is 0 Å². The molecule has 1 unspecified atom stereocenters. The molecular formula is C17H26N2O4S. The zero-order valence-electron chi connectivity index (χ0n) is 14.0. The lowest BCUT2D eigenvalue weighted by Crippen LogP contribution is -2.50. The van der Waals surface area contributed by atoms with Gasteiger partial charge in [-0.3, -0.25) is 0 Å². The van der Waals surface area contributed by atoms with E-state index in [1.54, 1.807) is 4.31 Å². The predicted molar refractivity (Wildman–Crippen MR) is 91.8 cm³/mol. The molecule has 0 spiro atoms. The zero-order chi connectivity index (χ0) is 16.8. The predicted octanol–water partition coefficient (Wildman–Crippen LogP) is 1.63. The molecule has 0 aromatic heterocycles. The number of benzene rings is 1. The molecule has 2 fully saturated rings. The van der Waals surface area contributed by atoms with Crippen LogP contribution in [0.15, 0.2) is 30.3 Å². The Balaban J connectivity index is 1.50. The van der Waals surface area contributed by atoms with Crippen LogP contribution in [0.3, 0.4) is 0 Å². The molecule has 2 aliphatic rings. The lowest BCUT2D eigenvalue weighted by molar-refractivity contribution is 0.0141. The quantitative estimate of drug-likeness (QED) is 0.699. The summed E-state index contributed by atoms with van der Waals surface area (Å²) in [6.45, 7) is 3.75. The minimum absolute atomic E-state index is 0.178. The van der Waals surface area contributed by atoms with Crippen molar-refractivity contribution >= 4 is 10.2 Å². The first kappa shape index (κ1) is 17.8. The summed E-state index contributed by atoms with van der Waals surface area (Å²) < 4.78 is 39.7. The normalized spacial score (nSPS) is 25.1. The van der Waals surface area contributed by atoms with Gasteiger partial charge in [-0.05, 0) is 24.8 Å². The van der Waals surface area contributed by atoms with Gasteiger partial charge in [-0.1, -0.05) is 30.3 Å². The molecule has 0 N–H and O–H groups in total. The fourth-order valence-corrected chi connectivity index (χ4v) is 4.81. The van der Waals surface area contributed by atoms with Crippen LogP contribution in [0.5, 0.6) is 0 Å². The highest BCUT2D eigenvalue weighted by atomic mass is 32.2. The molecule has 2 aliphatic heterocycles. The second-order valence-corrected chi connectivity index (χ2v) is 8.22. The standard InChI is InChI=1S/C17H26N2O4S/c20-24(21)18(11-13-22-15-17-8-4-12-23-17)9-5-10-19(24)14-16-6-2-1-3-7-16/h1-3,6-7,17H,4-5,8-15H2. The Bertz CT molecular complexity index is 602. The van der Waals surface area contributed by atoms with Crippen LogP contribution in [0, 0.1) is 0 Å². The molecule has 0 aliphatic carbocycles. The van der Waals surface area contributed by atoms with Crippen molar-refractivity contribution in [2.45, 2.75) is 31.9 Å². The van der Waals surface area contributed by atoms with Gasteiger partial charge in [0.1, 0.15) is 0 Å². The van der Waals surface area contributed by atoms with Crippen LogP contribution >= 0.6 is 0 Å². The molecule has 3 rings (SSSR count). The number of hydrogen-bond acceptors (Lipinski definition) is 4. The molecule has 1 atom stereocenters. The maximum atomic E-state index is 12.7. The van der Waals surface area contributed by atoms with Crippen LogP contribution in [-0.2, 0) is 26.2 Å². The fraction of sp³-hybridized carbons (Fsp3) is 0.647. The molecule has 0 amide bonds. The third-order valence-corrected chi connectivity index (χ3v) is 6.46. The maximum Gasteiger partial charge on any atom is 0.282 e. The summed E-state index contributed by atoms with van der Waals surface area (Å²) >= 11 is 0. The first-order valence-corrected chi connectivity index (χ1v) is 10.0. The first-order valence-electron chi connectivity index (χ1n) is 8.65. The third-order valence-electron chi connectivity index (χ3n) is 4.48. The van der Waals surface area contributed by atoms with Gasteiger partial charge in [0.2, 0.25) is 0 Å².